The van der Waals surface area contributed by atoms with E-state index in [-0.39, 0.29) is 12.2 Å². The number of hydrogen-bond donors (Lipinski definition) is 1. The van der Waals surface area contributed by atoms with Crippen LogP contribution >= 0.6 is 0 Å². The van der Waals surface area contributed by atoms with Crippen molar-refractivity contribution in [2.45, 2.75) is 19.6 Å². The summed E-state index contributed by atoms with van der Waals surface area (Å²) in [6, 6.07) is 12.1. The van der Waals surface area contributed by atoms with E-state index < -0.39 is 17.6 Å². The number of imidazole rings is 1. The van der Waals surface area contributed by atoms with Crippen LogP contribution < -0.4 is 5.32 Å². The minimum Gasteiger partial charge on any atom is -0.323 e. The molecule has 148 valence electrons. The van der Waals surface area contributed by atoms with Gasteiger partial charge in [0.1, 0.15) is 12.4 Å². The zero-order valence-corrected chi connectivity index (χ0v) is 15.3. The van der Waals surface area contributed by atoms with Gasteiger partial charge < -0.3 is 9.88 Å². The summed E-state index contributed by atoms with van der Waals surface area (Å²) in [4.78, 5) is 17.1. The van der Waals surface area contributed by atoms with Crippen LogP contribution in [0, 0.1) is 6.92 Å². The molecule has 0 aliphatic heterocycles. The molecule has 0 saturated heterocycles. The van der Waals surface area contributed by atoms with Gasteiger partial charge >= 0.3 is 6.18 Å². The molecular formula is C20H16F3N5O. The Bertz CT molecular complexity index is 1180. The first-order chi connectivity index (χ1) is 13.8. The van der Waals surface area contributed by atoms with Crippen LogP contribution in [-0.4, -0.2) is 25.2 Å². The molecule has 0 aliphatic carbocycles. The number of fused-ring (bicyclic) bond motifs is 1. The van der Waals surface area contributed by atoms with E-state index in [0.29, 0.717) is 11.5 Å². The van der Waals surface area contributed by atoms with E-state index in [2.05, 4.69) is 15.4 Å². The van der Waals surface area contributed by atoms with Gasteiger partial charge in [0.15, 0.2) is 0 Å². The summed E-state index contributed by atoms with van der Waals surface area (Å²) in [7, 11) is 0. The number of hydrogen-bond acceptors (Lipinski definition) is 3. The maximum atomic E-state index is 13.2. The Hall–Kier alpha value is -3.62. The summed E-state index contributed by atoms with van der Waals surface area (Å²) in [6.45, 7) is 1.69. The molecule has 4 rings (SSSR count). The molecule has 0 saturated carbocycles. The third-order valence-electron chi connectivity index (χ3n) is 4.50. The largest absolute Gasteiger partial charge is 0.416 e. The van der Waals surface area contributed by atoms with Gasteiger partial charge in [-0.3, -0.25) is 4.79 Å². The van der Waals surface area contributed by atoms with Gasteiger partial charge in [0.25, 0.3) is 0 Å². The van der Waals surface area contributed by atoms with Crippen LogP contribution in [0.5, 0.6) is 0 Å². The number of carbonyl (C=O) groups excluding carboxylic acids is 1. The van der Waals surface area contributed by atoms with Gasteiger partial charge in [0.05, 0.1) is 28.0 Å². The standard InChI is InChI=1S/C20H16F3N5O/c1-13-25-15-5-2-3-6-17(15)27(13)12-19(29)26-16-11-14(20(21,22)23)7-8-18(16)28-10-4-9-24-28/h2-11H,12H2,1H3,(H,26,29). The quantitative estimate of drug-likeness (QED) is 0.560. The van der Waals surface area contributed by atoms with E-state index in [9.17, 15) is 18.0 Å². The SMILES string of the molecule is Cc1nc2ccccc2n1CC(=O)Nc1cc(C(F)(F)F)ccc1-n1cccn1. The van der Waals surface area contributed by atoms with Gasteiger partial charge in [-0.2, -0.15) is 18.3 Å². The van der Waals surface area contributed by atoms with E-state index in [0.717, 1.165) is 23.2 Å². The number of benzene rings is 2. The maximum absolute atomic E-state index is 13.2. The summed E-state index contributed by atoms with van der Waals surface area (Å²) in [6.07, 6.45) is -1.44. The number of para-hydroxylation sites is 2. The van der Waals surface area contributed by atoms with Crippen molar-refractivity contribution in [3.63, 3.8) is 0 Å². The van der Waals surface area contributed by atoms with Crippen molar-refractivity contribution in [2.75, 3.05) is 5.32 Å². The van der Waals surface area contributed by atoms with Crippen LogP contribution in [0.2, 0.25) is 0 Å². The molecule has 0 bridgehead atoms. The fourth-order valence-electron chi connectivity index (χ4n) is 3.15. The molecular weight excluding hydrogens is 383 g/mol. The smallest absolute Gasteiger partial charge is 0.323 e. The molecule has 0 aliphatic rings. The molecule has 1 N–H and O–H groups in total. The lowest BCUT2D eigenvalue weighted by molar-refractivity contribution is -0.137. The minimum atomic E-state index is -4.53. The topological polar surface area (TPSA) is 64.7 Å². The molecule has 0 unspecified atom stereocenters. The Morgan fingerprint density at radius 3 is 2.66 bits per heavy atom. The number of carbonyl (C=O) groups is 1. The van der Waals surface area contributed by atoms with Crippen LogP contribution in [0.15, 0.2) is 60.9 Å². The number of aromatic nitrogens is 4. The number of anilines is 1. The Kier molecular flexibility index (Phi) is 4.57. The molecule has 2 aromatic heterocycles. The molecule has 29 heavy (non-hydrogen) atoms. The van der Waals surface area contributed by atoms with E-state index in [1.807, 2.05) is 24.3 Å². The molecule has 4 aromatic rings. The third kappa shape index (κ3) is 3.71. The highest BCUT2D eigenvalue weighted by atomic mass is 19.4. The van der Waals surface area contributed by atoms with Crippen molar-refractivity contribution in [2.24, 2.45) is 0 Å². The average Bonchev–Trinajstić information content (AvgIpc) is 3.30. The predicted molar refractivity (Wildman–Crippen MR) is 102 cm³/mol. The van der Waals surface area contributed by atoms with Crippen LogP contribution in [0.3, 0.4) is 0 Å². The summed E-state index contributed by atoms with van der Waals surface area (Å²) in [5.41, 5.74) is 1.03. The maximum Gasteiger partial charge on any atom is 0.416 e. The third-order valence-corrected chi connectivity index (χ3v) is 4.50. The van der Waals surface area contributed by atoms with E-state index in [1.54, 1.807) is 23.8 Å². The zero-order chi connectivity index (χ0) is 20.6. The fourth-order valence-corrected chi connectivity index (χ4v) is 3.15. The number of rotatable bonds is 4. The fraction of sp³-hybridized carbons (Fsp3) is 0.150. The number of nitrogens with one attached hydrogen (secondary N) is 1. The van der Waals surface area contributed by atoms with Crippen LogP contribution in [-0.2, 0) is 17.5 Å². The summed E-state index contributed by atoms with van der Waals surface area (Å²) in [5.74, 6) is 0.168. The number of aryl methyl sites for hydroxylation is 1. The first-order valence-corrected chi connectivity index (χ1v) is 8.76. The first-order valence-electron chi connectivity index (χ1n) is 8.76. The Morgan fingerprint density at radius 1 is 1.14 bits per heavy atom. The lowest BCUT2D eigenvalue weighted by Crippen LogP contribution is -2.21. The zero-order valence-electron chi connectivity index (χ0n) is 15.3. The van der Waals surface area contributed by atoms with Gasteiger partial charge in [-0.1, -0.05) is 12.1 Å². The van der Waals surface area contributed by atoms with Crippen molar-refractivity contribution >= 4 is 22.6 Å². The van der Waals surface area contributed by atoms with Gasteiger partial charge in [-0.05, 0) is 43.3 Å². The van der Waals surface area contributed by atoms with Gasteiger partial charge in [-0.15, -0.1) is 0 Å². The molecule has 0 radical (unpaired) electrons. The molecule has 2 aromatic carbocycles. The van der Waals surface area contributed by atoms with Crippen LogP contribution in [0.1, 0.15) is 11.4 Å². The number of nitrogens with zero attached hydrogens (tertiary/aromatic N) is 4. The Labute approximate surface area is 163 Å². The van der Waals surface area contributed by atoms with Crippen molar-refractivity contribution in [1.29, 1.82) is 0 Å². The molecule has 1 amide bonds. The van der Waals surface area contributed by atoms with Crippen molar-refractivity contribution in [3.05, 3.63) is 72.3 Å². The summed E-state index contributed by atoms with van der Waals surface area (Å²) < 4.78 is 42.6. The van der Waals surface area contributed by atoms with E-state index >= 15 is 0 Å². The minimum absolute atomic E-state index is 0.0237. The number of halogens is 3. The summed E-state index contributed by atoms with van der Waals surface area (Å²) >= 11 is 0. The lowest BCUT2D eigenvalue weighted by Gasteiger charge is -2.15. The van der Waals surface area contributed by atoms with Crippen molar-refractivity contribution in [1.82, 2.24) is 19.3 Å². The monoisotopic (exact) mass is 399 g/mol. The molecule has 0 atom stereocenters. The van der Waals surface area contributed by atoms with E-state index in [4.69, 9.17) is 0 Å². The Balaban J connectivity index is 1.67. The second-order valence-corrected chi connectivity index (χ2v) is 6.46. The molecule has 0 spiro atoms. The predicted octanol–water partition coefficient (Wildman–Crippen LogP) is 4.19. The van der Waals surface area contributed by atoms with E-state index in [1.165, 1.54) is 16.9 Å². The van der Waals surface area contributed by atoms with Crippen LogP contribution in [0.4, 0.5) is 18.9 Å². The van der Waals surface area contributed by atoms with Gasteiger partial charge in [-0.25, -0.2) is 9.67 Å². The lowest BCUT2D eigenvalue weighted by atomic mass is 10.1. The highest BCUT2D eigenvalue weighted by Crippen LogP contribution is 2.33. The van der Waals surface area contributed by atoms with Gasteiger partial charge in [0, 0.05) is 12.4 Å². The molecule has 6 nitrogen and oxygen atoms in total. The van der Waals surface area contributed by atoms with Crippen LogP contribution in [0.25, 0.3) is 16.7 Å². The van der Waals surface area contributed by atoms with Crippen molar-refractivity contribution < 1.29 is 18.0 Å². The summed E-state index contributed by atoms with van der Waals surface area (Å²) in [5, 5.41) is 6.64. The Morgan fingerprint density at radius 2 is 1.93 bits per heavy atom. The van der Waals surface area contributed by atoms with Crippen molar-refractivity contribution in [3.8, 4) is 5.69 Å². The highest BCUT2D eigenvalue weighted by molar-refractivity contribution is 5.93. The second kappa shape index (κ2) is 7.08. The number of alkyl halides is 3. The highest BCUT2D eigenvalue weighted by Gasteiger charge is 2.31. The average molecular weight is 399 g/mol. The molecule has 2 heterocycles. The molecule has 9 heteroatoms. The second-order valence-electron chi connectivity index (χ2n) is 6.46. The normalized spacial score (nSPS) is 11.7. The first kappa shape index (κ1) is 18.7. The molecule has 0 fully saturated rings. The van der Waals surface area contributed by atoms with Gasteiger partial charge in [0.2, 0.25) is 5.91 Å². The number of amides is 1.